The summed E-state index contributed by atoms with van der Waals surface area (Å²) < 4.78 is 63.5. The first-order valence-electron chi connectivity index (χ1n) is 6.41. The van der Waals surface area contributed by atoms with E-state index >= 15 is 0 Å². The second-order valence-corrected chi connectivity index (χ2v) is 5.21. The largest absolute Gasteiger partial charge is 0.490 e. The minimum atomic E-state index is -5.08. The Kier molecular flexibility index (Phi) is 5.85. The Labute approximate surface area is 125 Å². The standard InChI is InChI=1S/C7H12N2.2C2HF3O2/c1-4-5(1)7-3-8-2-6(4)9-7;2*3-2(4,5)1(6)7/h4-9H,1-3H2;2*(H,6,7). The van der Waals surface area contributed by atoms with Gasteiger partial charge in [0.25, 0.3) is 0 Å². The van der Waals surface area contributed by atoms with Crippen molar-refractivity contribution in [2.45, 2.75) is 30.9 Å². The van der Waals surface area contributed by atoms with E-state index in [2.05, 4.69) is 10.6 Å². The summed E-state index contributed by atoms with van der Waals surface area (Å²) in [5.74, 6) is -3.39. The molecular formula is C11H14F6N2O4. The Morgan fingerprint density at radius 1 is 0.826 bits per heavy atom. The topological polar surface area (TPSA) is 98.7 Å². The first-order valence-corrected chi connectivity index (χ1v) is 6.41. The smallest absolute Gasteiger partial charge is 0.475 e. The summed E-state index contributed by atoms with van der Waals surface area (Å²) in [6, 6.07) is 1.68. The highest BCUT2D eigenvalue weighted by Gasteiger charge is 2.55. The quantitative estimate of drug-likeness (QED) is 0.482. The fourth-order valence-corrected chi connectivity index (χ4v) is 2.50. The van der Waals surface area contributed by atoms with Crippen molar-refractivity contribution < 1.29 is 46.1 Å². The fraction of sp³-hybridized carbons (Fsp3) is 0.818. The van der Waals surface area contributed by atoms with Gasteiger partial charge in [-0.3, -0.25) is 0 Å². The van der Waals surface area contributed by atoms with Gasteiger partial charge in [0.2, 0.25) is 0 Å². The second-order valence-electron chi connectivity index (χ2n) is 5.21. The molecular weight excluding hydrogens is 338 g/mol. The minimum absolute atomic E-state index is 0.841. The number of hydrogen-bond donors (Lipinski definition) is 4. The van der Waals surface area contributed by atoms with Crippen LogP contribution < -0.4 is 10.6 Å². The van der Waals surface area contributed by atoms with Crippen LogP contribution in [0.4, 0.5) is 26.3 Å². The molecule has 23 heavy (non-hydrogen) atoms. The molecule has 3 fully saturated rings. The molecule has 2 aliphatic heterocycles. The lowest BCUT2D eigenvalue weighted by Gasteiger charge is -2.25. The predicted molar refractivity (Wildman–Crippen MR) is 62.6 cm³/mol. The van der Waals surface area contributed by atoms with Gasteiger partial charge in [-0.15, -0.1) is 0 Å². The Morgan fingerprint density at radius 2 is 1.13 bits per heavy atom. The zero-order valence-corrected chi connectivity index (χ0v) is 11.4. The van der Waals surface area contributed by atoms with Crippen LogP contribution in [0.5, 0.6) is 0 Å². The van der Waals surface area contributed by atoms with Crippen LogP contribution in [0.25, 0.3) is 0 Å². The van der Waals surface area contributed by atoms with Crippen molar-refractivity contribution in [3.8, 4) is 0 Å². The highest BCUT2D eigenvalue weighted by Crippen LogP contribution is 2.49. The van der Waals surface area contributed by atoms with Crippen molar-refractivity contribution in [2.75, 3.05) is 13.1 Å². The van der Waals surface area contributed by atoms with E-state index in [1.165, 1.54) is 19.5 Å². The molecule has 4 atom stereocenters. The van der Waals surface area contributed by atoms with E-state index in [0.29, 0.717) is 0 Å². The Balaban J connectivity index is 0.000000177. The van der Waals surface area contributed by atoms with Crippen LogP contribution in [0.3, 0.4) is 0 Å². The molecule has 12 heteroatoms. The van der Waals surface area contributed by atoms with E-state index in [1.54, 1.807) is 0 Å². The number of rotatable bonds is 0. The Bertz CT molecular complexity index is 415. The van der Waals surface area contributed by atoms with Gasteiger partial charge in [-0.25, -0.2) is 9.59 Å². The molecule has 3 rings (SSSR count). The first kappa shape index (κ1) is 19.5. The monoisotopic (exact) mass is 352 g/mol. The number of alkyl halides is 6. The number of fused-ring (bicyclic) bond motifs is 5. The van der Waals surface area contributed by atoms with Crippen LogP contribution in [0.2, 0.25) is 0 Å². The molecule has 134 valence electrons. The zero-order chi connectivity index (χ0) is 18.0. The van der Waals surface area contributed by atoms with Gasteiger partial charge in [0, 0.05) is 25.2 Å². The van der Waals surface area contributed by atoms with Crippen molar-refractivity contribution in [1.82, 2.24) is 10.6 Å². The molecule has 0 aromatic heterocycles. The number of carbonyl (C=O) groups is 2. The van der Waals surface area contributed by atoms with Crippen LogP contribution in [-0.4, -0.2) is 59.7 Å². The highest BCUT2D eigenvalue weighted by atomic mass is 19.4. The molecule has 6 nitrogen and oxygen atoms in total. The summed E-state index contributed by atoms with van der Waals surface area (Å²) in [4.78, 5) is 17.8. The van der Waals surface area contributed by atoms with Gasteiger partial charge in [-0.05, 0) is 18.3 Å². The maximum atomic E-state index is 10.6. The third-order valence-corrected chi connectivity index (χ3v) is 3.57. The average Bonchev–Trinajstić information content (AvgIpc) is 3.14. The number of hydrogen-bond acceptors (Lipinski definition) is 4. The van der Waals surface area contributed by atoms with Crippen molar-refractivity contribution >= 4 is 11.9 Å². The summed E-state index contributed by atoms with van der Waals surface area (Å²) in [5, 5.41) is 21.3. The molecule has 2 heterocycles. The second kappa shape index (κ2) is 6.91. The van der Waals surface area contributed by atoms with Crippen molar-refractivity contribution in [3.05, 3.63) is 0 Å². The molecule has 2 saturated heterocycles. The van der Waals surface area contributed by atoms with Gasteiger partial charge in [0.1, 0.15) is 0 Å². The summed E-state index contributed by atoms with van der Waals surface area (Å²) in [6.45, 7) is 2.44. The van der Waals surface area contributed by atoms with Gasteiger partial charge in [0.05, 0.1) is 0 Å². The number of aliphatic carboxylic acids is 2. The highest BCUT2D eigenvalue weighted by molar-refractivity contribution is 5.73. The van der Waals surface area contributed by atoms with Crippen LogP contribution >= 0.6 is 0 Å². The number of piperazine rings is 1. The minimum Gasteiger partial charge on any atom is -0.475 e. The molecule has 4 N–H and O–H groups in total. The third-order valence-electron chi connectivity index (χ3n) is 3.57. The zero-order valence-electron chi connectivity index (χ0n) is 11.4. The number of nitrogens with one attached hydrogen (secondary N) is 2. The van der Waals surface area contributed by atoms with Gasteiger partial charge >= 0.3 is 24.3 Å². The summed E-state index contributed by atoms with van der Waals surface area (Å²) in [6.07, 6.45) is -8.65. The van der Waals surface area contributed by atoms with Crippen LogP contribution in [0.15, 0.2) is 0 Å². The molecule has 0 radical (unpaired) electrons. The summed E-state index contributed by atoms with van der Waals surface area (Å²) >= 11 is 0. The van der Waals surface area contributed by atoms with Gasteiger partial charge in [-0.2, -0.15) is 26.3 Å². The molecule has 0 amide bonds. The summed E-state index contributed by atoms with van der Waals surface area (Å²) in [5.41, 5.74) is 0. The normalized spacial score (nSPS) is 30.9. The van der Waals surface area contributed by atoms with Crippen LogP contribution in [0, 0.1) is 11.8 Å². The maximum absolute atomic E-state index is 10.6. The third kappa shape index (κ3) is 5.86. The lowest BCUT2D eigenvalue weighted by atomic mass is 10.2. The van der Waals surface area contributed by atoms with E-state index in [9.17, 15) is 26.3 Å². The predicted octanol–water partition coefficient (Wildman–Crippen LogP) is 0.833. The SMILES string of the molecule is C1NCC2NC1C1CC21.O=C(O)C(F)(F)F.O=C(O)C(F)(F)F. The van der Waals surface area contributed by atoms with E-state index in [-0.39, 0.29) is 0 Å². The average molecular weight is 352 g/mol. The fourth-order valence-electron chi connectivity index (χ4n) is 2.50. The van der Waals surface area contributed by atoms with Gasteiger partial charge in [0.15, 0.2) is 0 Å². The van der Waals surface area contributed by atoms with Gasteiger partial charge in [-0.1, -0.05) is 0 Å². The number of carboxylic acids is 2. The van der Waals surface area contributed by atoms with Crippen molar-refractivity contribution in [1.29, 1.82) is 0 Å². The number of halogens is 6. The van der Waals surface area contributed by atoms with Crippen LogP contribution in [0.1, 0.15) is 6.42 Å². The van der Waals surface area contributed by atoms with Crippen molar-refractivity contribution in [2.24, 2.45) is 11.8 Å². The Hall–Kier alpha value is -1.56. The Morgan fingerprint density at radius 3 is 1.35 bits per heavy atom. The van der Waals surface area contributed by atoms with E-state index in [4.69, 9.17) is 19.8 Å². The molecule has 0 aromatic rings. The molecule has 0 spiro atoms. The molecule has 4 unspecified atom stereocenters. The van der Waals surface area contributed by atoms with Crippen molar-refractivity contribution in [3.63, 3.8) is 0 Å². The first-order chi connectivity index (χ1) is 10.3. The molecule has 1 saturated carbocycles. The lowest BCUT2D eigenvalue weighted by molar-refractivity contribution is -0.193. The van der Waals surface area contributed by atoms with Gasteiger partial charge < -0.3 is 20.8 Å². The number of carboxylic acid groups (broad SMARTS) is 2. The van der Waals surface area contributed by atoms with Crippen LogP contribution in [-0.2, 0) is 9.59 Å². The molecule has 0 aromatic carbocycles. The molecule has 1 aliphatic carbocycles. The van der Waals surface area contributed by atoms with E-state index in [1.807, 2.05) is 0 Å². The molecule has 3 aliphatic rings. The molecule has 2 bridgehead atoms. The van der Waals surface area contributed by atoms with E-state index in [0.717, 1.165) is 23.9 Å². The summed E-state index contributed by atoms with van der Waals surface area (Å²) in [7, 11) is 0. The van der Waals surface area contributed by atoms with E-state index < -0.39 is 24.3 Å². The maximum Gasteiger partial charge on any atom is 0.490 e. The number of piperidine rings is 1. The lowest BCUT2D eigenvalue weighted by Crippen LogP contribution is -2.51.